The van der Waals surface area contributed by atoms with Crippen molar-refractivity contribution in [2.45, 2.75) is 20.8 Å². The highest BCUT2D eigenvalue weighted by atomic mass is 16.6. The number of rotatable bonds is 4. The van der Waals surface area contributed by atoms with E-state index in [1.165, 1.54) is 19.9 Å². The zero-order chi connectivity index (χ0) is 17.9. The number of hydrogen-bond acceptors (Lipinski definition) is 6. The molecule has 124 valence electrons. The van der Waals surface area contributed by atoms with E-state index in [0.717, 1.165) is 11.6 Å². The molecule has 0 fully saturated rings. The van der Waals surface area contributed by atoms with Crippen LogP contribution in [-0.2, 0) is 14.4 Å². The minimum absolute atomic E-state index is 0.0229. The number of fused-ring (bicyclic) bond motifs is 1. The van der Waals surface area contributed by atoms with Crippen LogP contribution >= 0.6 is 0 Å². The van der Waals surface area contributed by atoms with Gasteiger partial charge in [-0.1, -0.05) is 24.3 Å². The zero-order valence-corrected chi connectivity index (χ0v) is 13.5. The van der Waals surface area contributed by atoms with Crippen molar-refractivity contribution in [3.05, 3.63) is 42.5 Å². The van der Waals surface area contributed by atoms with Crippen LogP contribution in [0.2, 0.25) is 0 Å². The highest BCUT2D eigenvalue weighted by molar-refractivity contribution is 6.00. The molecule has 0 heterocycles. The lowest BCUT2D eigenvalue weighted by Crippen LogP contribution is -2.10. The van der Waals surface area contributed by atoms with Crippen LogP contribution in [0.4, 0.5) is 0 Å². The van der Waals surface area contributed by atoms with E-state index >= 15 is 0 Å². The maximum Gasteiger partial charge on any atom is 0.335 e. The Morgan fingerprint density at radius 1 is 0.917 bits per heavy atom. The molecule has 0 aliphatic carbocycles. The Balaban J connectivity index is 2.78. The summed E-state index contributed by atoms with van der Waals surface area (Å²) in [6.07, 6.45) is 0.998. The molecule has 6 heteroatoms. The Morgan fingerprint density at radius 3 is 2.12 bits per heavy atom. The molecular weight excluding hydrogens is 312 g/mol. The Hall–Kier alpha value is -3.15. The normalized spacial score (nSPS) is 10.1. The van der Waals surface area contributed by atoms with Crippen LogP contribution in [0.25, 0.3) is 10.8 Å². The first-order valence-electron chi connectivity index (χ1n) is 7.10. The average Bonchev–Trinajstić information content (AvgIpc) is 2.49. The molecule has 0 bridgehead atoms. The fourth-order valence-corrected chi connectivity index (χ4v) is 2.17. The van der Waals surface area contributed by atoms with Gasteiger partial charge in [0.1, 0.15) is 5.75 Å². The van der Waals surface area contributed by atoms with E-state index in [1.54, 1.807) is 18.2 Å². The van der Waals surface area contributed by atoms with Crippen LogP contribution in [0.1, 0.15) is 19.4 Å². The van der Waals surface area contributed by atoms with E-state index in [1.807, 2.05) is 6.92 Å². The van der Waals surface area contributed by atoms with E-state index in [2.05, 4.69) is 6.58 Å². The molecule has 24 heavy (non-hydrogen) atoms. The SMILES string of the molecule is C=CC(=O)Oc1c(OC(C)=O)cc(OC(C)=O)c2cc(C)ccc12. The molecule has 0 saturated carbocycles. The van der Waals surface area contributed by atoms with Crippen molar-refractivity contribution >= 4 is 28.7 Å². The first-order valence-corrected chi connectivity index (χ1v) is 7.10. The highest BCUT2D eigenvalue weighted by Gasteiger charge is 2.20. The third-order valence-corrected chi connectivity index (χ3v) is 3.05. The van der Waals surface area contributed by atoms with Crippen molar-refractivity contribution in [2.24, 2.45) is 0 Å². The molecule has 0 atom stereocenters. The van der Waals surface area contributed by atoms with Gasteiger partial charge in [0.15, 0.2) is 11.5 Å². The number of hydrogen-bond donors (Lipinski definition) is 0. The summed E-state index contributed by atoms with van der Waals surface area (Å²) in [6, 6.07) is 6.60. The number of esters is 3. The first kappa shape index (κ1) is 17.2. The molecular formula is C18H16O6. The zero-order valence-electron chi connectivity index (χ0n) is 13.5. The summed E-state index contributed by atoms with van der Waals surface area (Å²) in [6.45, 7) is 7.69. The molecule has 0 saturated heterocycles. The van der Waals surface area contributed by atoms with Gasteiger partial charge in [-0.15, -0.1) is 0 Å². The molecule has 0 spiro atoms. The van der Waals surface area contributed by atoms with E-state index < -0.39 is 17.9 Å². The Labute approximate surface area is 138 Å². The van der Waals surface area contributed by atoms with E-state index in [9.17, 15) is 14.4 Å². The van der Waals surface area contributed by atoms with E-state index in [0.29, 0.717) is 10.8 Å². The van der Waals surface area contributed by atoms with Crippen molar-refractivity contribution in [3.8, 4) is 17.2 Å². The van der Waals surface area contributed by atoms with Crippen molar-refractivity contribution in [3.63, 3.8) is 0 Å². The van der Waals surface area contributed by atoms with Crippen LogP contribution in [0.5, 0.6) is 17.2 Å². The van der Waals surface area contributed by atoms with Crippen LogP contribution in [0.3, 0.4) is 0 Å². The van der Waals surface area contributed by atoms with Gasteiger partial charge < -0.3 is 14.2 Å². The third kappa shape index (κ3) is 3.78. The molecule has 6 nitrogen and oxygen atoms in total. The number of ether oxygens (including phenoxy) is 3. The minimum Gasteiger partial charge on any atom is -0.426 e. The lowest BCUT2D eigenvalue weighted by atomic mass is 10.0. The number of carbonyl (C=O) groups excluding carboxylic acids is 3. The molecule has 0 unspecified atom stereocenters. The topological polar surface area (TPSA) is 78.9 Å². The molecule has 0 aliphatic heterocycles. The minimum atomic E-state index is -0.703. The number of carbonyl (C=O) groups is 3. The van der Waals surface area contributed by atoms with E-state index in [-0.39, 0.29) is 17.2 Å². The Kier molecular flexibility index (Phi) is 4.99. The maximum atomic E-state index is 11.6. The standard InChI is InChI=1S/C18H16O6/c1-5-17(21)24-18-13-7-6-10(2)8-14(13)15(22-11(3)19)9-16(18)23-12(4)20/h5-9H,1H2,2-4H3. The second-order valence-electron chi connectivity index (χ2n) is 5.06. The van der Waals surface area contributed by atoms with Gasteiger partial charge in [0.05, 0.1) is 0 Å². The molecule has 0 radical (unpaired) electrons. The van der Waals surface area contributed by atoms with Gasteiger partial charge in [0.2, 0.25) is 0 Å². The predicted octanol–water partition coefficient (Wildman–Crippen LogP) is 3.09. The lowest BCUT2D eigenvalue weighted by Gasteiger charge is -2.15. The van der Waals surface area contributed by atoms with Crippen molar-refractivity contribution in [1.29, 1.82) is 0 Å². The summed E-state index contributed by atoms with van der Waals surface area (Å²) in [4.78, 5) is 34.3. The van der Waals surface area contributed by atoms with Gasteiger partial charge in [0, 0.05) is 36.8 Å². The maximum absolute atomic E-state index is 11.6. The van der Waals surface area contributed by atoms with Gasteiger partial charge in [-0.3, -0.25) is 9.59 Å². The monoisotopic (exact) mass is 328 g/mol. The largest absolute Gasteiger partial charge is 0.426 e. The van der Waals surface area contributed by atoms with Gasteiger partial charge in [-0.2, -0.15) is 0 Å². The van der Waals surface area contributed by atoms with E-state index in [4.69, 9.17) is 14.2 Å². The highest BCUT2D eigenvalue weighted by Crippen LogP contribution is 2.42. The molecule has 2 aromatic carbocycles. The van der Waals surface area contributed by atoms with Crippen molar-refractivity contribution < 1.29 is 28.6 Å². The van der Waals surface area contributed by atoms with Gasteiger partial charge in [-0.25, -0.2) is 4.79 Å². The summed E-state index contributed by atoms with van der Waals surface area (Å²) < 4.78 is 15.5. The van der Waals surface area contributed by atoms with Crippen molar-refractivity contribution in [2.75, 3.05) is 0 Å². The fraction of sp³-hybridized carbons (Fsp3) is 0.167. The molecule has 2 aromatic rings. The van der Waals surface area contributed by atoms with Gasteiger partial charge >= 0.3 is 17.9 Å². The predicted molar refractivity (Wildman–Crippen MR) is 87.1 cm³/mol. The summed E-state index contributed by atoms with van der Waals surface area (Å²) in [5.41, 5.74) is 0.914. The molecule has 0 aromatic heterocycles. The number of benzene rings is 2. The Bertz CT molecular complexity index is 850. The molecule has 0 N–H and O–H groups in total. The van der Waals surface area contributed by atoms with Crippen LogP contribution < -0.4 is 14.2 Å². The summed E-state index contributed by atoms with van der Waals surface area (Å²) >= 11 is 0. The molecule has 0 aliphatic rings. The van der Waals surface area contributed by atoms with Crippen LogP contribution in [0, 0.1) is 6.92 Å². The Morgan fingerprint density at radius 2 is 1.54 bits per heavy atom. The average molecular weight is 328 g/mol. The van der Waals surface area contributed by atoms with Crippen LogP contribution in [-0.4, -0.2) is 17.9 Å². The smallest absolute Gasteiger partial charge is 0.335 e. The van der Waals surface area contributed by atoms with Crippen molar-refractivity contribution in [1.82, 2.24) is 0 Å². The molecule has 2 rings (SSSR count). The second kappa shape index (κ2) is 6.95. The summed E-state index contributed by atoms with van der Waals surface area (Å²) in [7, 11) is 0. The van der Waals surface area contributed by atoms with Crippen LogP contribution in [0.15, 0.2) is 36.9 Å². The van der Waals surface area contributed by atoms with Gasteiger partial charge in [0.25, 0.3) is 0 Å². The second-order valence-corrected chi connectivity index (χ2v) is 5.06. The third-order valence-electron chi connectivity index (χ3n) is 3.05. The summed E-state index contributed by atoms with van der Waals surface area (Å²) in [5, 5.41) is 1.01. The van der Waals surface area contributed by atoms with Gasteiger partial charge in [-0.05, 0) is 13.0 Å². The first-order chi connectivity index (χ1) is 11.3. The molecule has 0 amide bonds. The summed E-state index contributed by atoms with van der Waals surface area (Å²) in [5.74, 6) is -1.60. The quantitative estimate of drug-likeness (QED) is 0.487. The lowest BCUT2D eigenvalue weighted by molar-refractivity contribution is -0.133. The number of aryl methyl sites for hydroxylation is 1. The fourth-order valence-electron chi connectivity index (χ4n) is 2.17.